The Morgan fingerprint density at radius 1 is 1.13 bits per heavy atom. The number of nitrogens with one attached hydrogen (secondary N) is 2. The van der Waals surface area contributed by atoms with E-state index in [1.165, 1.54) is 0 Å². The number of rotatable bonds is 7. The summed E-state index contributed by atoms with van der Waals surface area (Å²) in [6.45, 7) is 11.9. The highest BCUT2D eigenvalue weighted by molar-refractivity contribution is 5.98. The molecular formula is C24H37N3O3. The third-order valence-electron chi connectivity index (χ3n) is 5.55. The summed E-state index contributed by atoms with van der Waals surface area (Å²) in [5.74, 6) is -0.195. The molecule has 1 aromatic carbocycles. The number of piperidine rings is 1. The van der Waals surface area contributed by atoms with Crippen molar-refractivity contribution in [3.63, 3.8) is 0 Å². The number of likely N-dealkylation sites (tertiary alicyclic amines) is 1. The third kappa shape index (κ3) is 6.85. The number of hydrogen-bond donors (Lipinski definition) is 2. The Labute approximate surface area is 180 Å². The molecule has 0 aromatic heterocycles. The molecule has 0 unspecified atom stereocenters. The monoisotopic (exact) mass is 415 g/mol. The summed E-state index contributed by atoms with van der Waals surface area (Å²) in [5.41, 5.74) is 1.42. The van der Waals surface area contributed by atoms with Crippen LogP contribution in [0.4, 0.5) is 0 Å². The lowest BCUT2D eigenvalue weighted by atomic mass is 9.87. The van der Waals surface area contributed by atoms with Crippen molar-refractivity contribution in [3.8, 4) is 0 Å². The normalized spacial score (nSPS) is 16.1. The second-order valence-electron chi connectivity index (χ2n) is 9.51. The van der Waals surface area contributed by atoms with Gasteiger partial charge in [-0.25, -0.2) is 0 Å². The Morgan fingerprint density at radius 2 is 1.77 bits per heavy atom. The molecule has 1 aromatic rings. The van der Waals surface area contributed by atoms with Crippen LogP contribution in [0.25, 0.3) is 0 Å². The molecule has 1 saturated heterocycles. The van der Waals surface area contributed by atoms with Crippen molar-refractivity contribution in [2.24, 2.45) is 11.3 Å². The van der Waals surface area contributed by atoms with E-state index in [-0.39, 0.29) is 29.1 Å². The van der Waals surface area contributed by atoms with Crippen LogP contribution in [0.1, 0.15) is 69.3 Å². The van der Waals surface area contributed by atoms with Crippen LogP contribution in [0.5, 0.6) is 0 Å². The van der Waals surface area contributed by atoms with Gasteiger partial charge in [-0.1, -0.05) is 45.9 Å². The zero-order valence-electron chi connectivity index (χ0n) is 19.1. The predicted octanol–water partition coefficient (Wildman–Crippen LogP) is 3.29. The van der Waals surface area contributed by atoms with Gasteiger partial charge in [0.25, 0.3) is 5.91 Å². The Morgan fingerprint density at radius 3 is 2.33 bits per heavy atom. The summed E-state index contributed by atoms with van der Waals surface area (Å²) in [6, 6.07) is 6.79. The van der Waals surface area contributed by atoms with E-state index in [2.05, 4.69) is 31.4 Å². The minimum absolute atomic E-state index is 0.00788. The first-order valence-corrected chi connectivity index (χ1v) is 11.0. The summed E-state index contributed by atoms with van der Waals surface area (Å²) in [6.07, 6.45) is 2.76. The van der Waals surface area contributed by atoms with E-state index in [1.54, 1.807) is 6.07 Å². The molecule has 0 spiro atoms. The Balaban J connectivity index is 2.07. The first-order chi connectivity index (χ1) is 14.1. The summed E-state index contributed by atoms with van der Waals surface area (Å²) < 4.78 is 0. The summed E-state index contributed by atoms with van der Waals surface area (Å²) in [4.78, 5) is 40.2. The molecule has 2 rings (SSSR count). The van der Waals surface area contributed by atoms with Gasteiger partial charge in [0.1, 0.15) is 6.04 Å². The lowest BCUT2D eigenvalue weighted by Crippen LogP contribution is -2.54. The van der Waals surface area contributed by atoms with Gasteiger partial charge < -0.3 is 15.5 Å². The van der Waals surface area contributed by atoms with Gasteiger partial charge in [-0.05, 0) is 49.1 Å². The fourth-order valence-corrected chi connectivity index (χ4v) is 3.85. The molecule has 166 valence electrons. The highest BCUT2D eigenvalue weighted by Crippen LogP contribution is 2.25. The van der Waals surface area contributed by atoms with Gasteiger partial charge in [-0.3, -0.25) is 14.4 Å². The maximum Gasteiger partial charge on any atom is 0.252 e. The zero-order chi connectivity index (χ0) is 22.3. The number of benzene rings is 1. The maximum atomic E-state index is 12.9. The van der Waals surface area contributed by atoms with Crippen LogP contribution < -0.4 is 10.6 Å². The third-order valence-corrected chi connectivity index (χ3v) is 5.55. The first-order valence-electron chi connectivity index (χ1n) is 11.0. The Bertz CT molecular complexity index is 746. The first kappa shape index (κ1) is 23.9. The van der Waals surface area contributed by atoms with Gasteiger partial charge in [0.15, 0.2) is 0 Å². The fourth-order valence-electron chi connectivity index (χ4n) is 3.85. The van der Waals surface area contributed by atoms with E-state index >= 15 is 0 Å². The van der Waals surface area contributed by atoms with Crippen molar-refractivity contribution in [1.29, 1.82) is 0 Å². The topological polar surface area (TPSA) is 78.5 Å². The quantitative estimate of drug-likeness (QED) is 0.717. The van der Waals surface area contributed by atoms with Crippen LogP contribution in [0.15, 0.2) is 24.3 Å². The lowest BCUT2D eigenvalue weighted by Gasteiger charge is -2.36. The minimum atomic E-state index is -0.594. The SMILES string of the molecule is CCCNC(=O)[C@@H](NC(=O)c1ccccc1C)C1CCN(C(=O)CC(C)(C)C)CC1. The van der Waals surface area contributed by atoms with Crippen molar-refractivity contribution >= 4 is 17.7 Å². The second kappa shape index (κ2) is 10.6. The average Bonchev–Trinajstić information content (AvgIpc) is 2.69. The van der Waals surface area contributed by atoms with E-state index in [0.29, 0.717) is 44.5 Å². The van der Waals surface area contributed by atoms with Gasteiger partial charge in [0.05, 0.1) is 0 Å². The average molecular weight is 416 g/mol. The highest BCUT2D eigenvalue weighted by Gasteiger charge is 2.34. The molecule has 1 atom stereocenters. The molecule has 0 saturated carbocycles. The largest absolute Gasteiger partial charge is 0.354 e. The van der Waals surface area contributed by atoms with Gasteiger partial charge in [-0.15, -0.1) is 0 Å². The second-order valence-corrected chi connectivity index (χ2v) is 9.51. The molecule has 6 heteroatoms. The van der Waals surface area contributed by atoms with Crippen LogP contribution in [0, 0.1) is 18.3 Å². The van der Waals surface area contributed by atoms with Crippen LogP contribution in [-0.4, -0.2) is 48.3 Å². The van der Waals surface area contributed by atoms with Gasteiger partial charge >= 0.3 is 0 Å². The number of hydrogen-bond acceptors (Lipinski definition) is 3. The molecule has 1 fully saturated rings. The van der Waals surface area contributed by atoms with Crippen LogP contribution in [0.2, 0.25) is 0 Å². The smallest absolute Gasteiger partial charge is 0.252 e. The van der Waals surface area contributed by atoms with Crippen molar-refractivity contribution in [2.45, 2.75) is 66.3 Å². The Hall–Kier alpha value is -2.37. The van der Waals surface area contributed by atoms with Crippen LogP contribution in [0.3, 0.4) is 0 Å². The van der Waals surface area contributed by atoms with Crippen molar-refractivity contribution in [3.05, 3.63) is 35.4 Å². The number of nitrogens with zero attached hydrogens (tertiary/aromatic N) is 1. The molecule has 0 bridgehead atoms. The number of carbonyl (C=O) groups is 3. The lowest BCUT2D eigenvalue weighted by molar-refractivity contribution is -0.134. The summed E-state index contributed by atoms with van der Waals surface area (Å²) in [7, 11) is 0. The van der Waals surface area contributed by atoms with Gasteiger partial charge in [-0.2, -0.15) is 0 Å². The fraction of sp³-hybridized carbons (Fsp3) is 0.625. The van der Waals surface area contributed by atoms with E-state index < -0.39 is 6.04 Å². The number of carbonyl (C=O) groups excluding carboxylic acids is 3. The molecule has 1 aliphatic rings. The van der Waals surface area contributed by atoms with Crippen LogP contribution in [-0.2, 0) is 9.59 Å². The van der Waals surface area contributed by atoms with Gasteiger partial charge in [0, 0.05) is 31.6 Å². The molecule has 6 nitrogen and oxygen atoms in total. The maximum absolute atomic E-state index is 12.9. The molecule has 3 amide bonds. The van der Waals surface area contributed by atoms with E-state index in [9.17, 15) is 14.4 Å². The molecule has 1 aliphatic heterocycles. The Kier molecular flexibility index (Phi) is 8.44. The van der Waals surface area contributed by atoms with E-state index in [4.69, 9.17) is 0 Å². The number of amides is 3. The van der Waals surface area contributed by atoms with Crippen LogP contribution >= 0.6 is 0 Å². The van der Waals surface area contributed by atoms with Crippen molar-refractivity contribution in [1.82, 2.24) is 15.5 Å². The highest BCUT2D eigenvalue weighted by atomic mass is 16.2. The standard InChI is InChI=1S/C24H37N3O3/c1-6-13-25-23(30)21(26-22(29)19-10-8-7-9-17(19)2)18-11-14-27(15-12-18)20(28)16-24(3,4)5/h7-10,18,21H,6,11-16H2,1-5H3,(H,25,30)(H,26,29)/t21-/m0/s1. The summed E-state index contributed by atoms with van der Waals surface area (Å²) >= 11 is 0. The van der Waals surface area contributed by atoms with Crippen molar-refractivity contribution in [2.75, 3.05) is 19.6 Å². The summed E-state index contributed by atoms with van der Waals surface area (Å²) in [5, 5.41) is 5.91. The number of aryl methyl sites for hydroxylation is 1. The minimum Gasteiger partial charge on any atom is -0.354 e. The molecule has 2 N–H and O–H groups in total. The van der Waals surface area contributed by atoms with Crippen molar-refractivity contribution < 1.29 is 14.4 Å². The molecule has 1 heterocycles. The molecule has 0 radical (unpaired) electrons. The van der Waals surface area contributed by atoms with Gasteiger partial charge in [0.2, 0.25) is 11.8 Å². The van der Waals surface area contributed by atoms with E-state index in [1.807, 2.05) is 36.9 Å². The predicted molar refractivity (Wildman–Crippen MR) is 119 cm³/mol. The van der Waals surface area contributed by atoms with E-state index in [0.717, 1.165) is 12.0 Å². The molecular weight excluding hydrogens is 378 g/mol. The molecule has 0 aliphatic carbocycles. The molecule has 30 heavy (non-hydrogen) atoms. The zero-order valence-corrected chi connectivity index (χ0v) is 19.1.